The Labute approximate surface area is 132 Å². The first-order valence-corrected chi connectivity index (χ1v) is 7.52. The summed E-state index contributed by atoms with van der Waals surface area (Å²) < 4.78 is 27.2. The number of piperidine rings is 1. The zero-order valence-corrected chi connectivity index (χ0v) is 13.0. The lowest BCUT2D eigenvalue weighted by Crippen LogP contribution is -2.43. The lowest BCUT2D eigenvalue weighted by atomic mass is 9.88. The number of aliphatic hydroxyl groups is 1. The van der Waals surface area contributed by atoms with E-state index in [0.717, 1.165) is 5.56 Å². The van der Waals surface area contributed by atoms with Crippen LogP contribution in [0.5, 0.6) is 0 Å². The van der Waals surface area contributed by atoms with E-state index < -0.39 is 12.0 Å². The Morgan fingerprint density at radius 3 is 2.78 bits per heavy atom. The normalized spacial score (nSPS) is 22.0. The lowest BCUT2D eigenvalue weighted by Gasteiger charge is -2.30. The smallest absolute Gasteiger partial charge is 0.260 e. The van der Waals surface area contributed by atoms with Crippen molar-refractivity contribution in [3.63, 3.8) is 0 Å². The van der Waals surface area contributed by atoms with Crippen molar-refractivity contribution in [2.24, 2.45) is 0 Å². The van der Waals surface area contributed by atoms with Gasteiger partial charge in [0.15, 0.2) is 0 Å². The van der Waals surface area contributed by atoms with Crippen LogP contribution in [-0.2, 0) is 0 Å². The first-order valence-electron chi connectivity index (χ1n) is 7.52. The van der Waals surface area contributed by atoms with E-state index in [1.165, 1.54) is 0 Å². The molecule has 23 heavy (non-hydrogen) atoms. The van der Waals surface area contributed by atoms with Gasteiger partial charge in [-0.05, 0) is 25.5 Å². The zero-order chi connectivity index (χ0) is 16.6. The molecule has 0 radical (unpaired) electrons. The van der Waals surface area contributed by atoms with Crippen molar-refractivity contribution in [1.29, 1.82) is 0 Å². The van der Waals surface area contributed by atoms with Crippen molar-refractivity contribution >= 4 is 0 Å². The standard InChI is InChI=1S/C15H19F2N5O/c1-8-11(10-5-15(16,17)7-18-6-10)3-4-12(19-8)14-13(9(2)23)20-22-21-14/h3-4,9-10,18,23H,5-7H2,1-2H3,(H,20,21,22). The Kier molecular flexibility index (Phi) is 4.11. The third-order valence-corrected chi connectivity index (χ3v) is 4.10. The molecule has 1 fully saturated rings. The van der Waals surface area contributed by atoms with Crippen molar-refractivity contribution in [1.82, 2.24) is 25.7 Å². The van der Waals surface area contributed by atoms with Gasteiger partial charge in [-0.2, -0.15) is 15.4 Å². The summed E-state index contributed by atoms with van der Waals surface area (Å²) in [7, 11) is 0. The van der Waals surface area contributed by atoms with Gasteiger partial charge in [0.25, 0.3) is 5.92 Å². The van der Waals surface area contributed by atoms with Gasteiger partial charge >= 0.3 is 0 Å². The van der Waals surface area contributed by atoms with Crippen LogP contribution in [0, 0.1) is 6.92 Å². The van der Waals surface area contributed by atoms with E-state index in [1.54, 1.807) is 19.9 Å². The van der Waals surface area contributed by atoms with Gasteiger partial charge in [0.2, 0.25) is 0 Å². The first-order chi connectivity index (χ1) is 10.9. The van der Waals surface area contributed by atoms with Gasteiger partial charge in [0, 0.05) is 24.6 Å². The van der Waals surface area contributed by atoms with E-state index in [0.29, 0.717) is 29.3 Å². The zero-order valence-electron chi connectivity index (χ0n) is 13.0. The highest BCUT2D eigenvalue weighted by atomic mass is 19.3. The van der Waals surface area contributed by atoms with E-state index >= 15 is 0 Å². The molecular formula is C15H19F2N5O. The summed E-state index contributed by atoms with van der Waals surface area (Å²) in [5.41, 5.74) is 2.94. The summed E-state index contributed by atoms with van der Waals surface area (Å²) in [5.74, 6) is -2.96. The highest BCUT2D eigenvalue weighted by molar-refractivity contribution is 5.57. The molecule has 0 aromatic carbocycles. The van der Waals surface area contributed by atoms with Crippen LogP contribution in [-0.4, -0.2) is 44.5 Å². The molecule has 3 rings (SSSR count). The number of pyridine rings is 1. The van der Waals surface area contributed by atoms with Crippen LogP contribution in [0.25, 0.3) is 11.4 Å². The highest BCUT2D eigenvalue weighted by Gasteiger charge is 2.37. The summed E-state index contributed by atoms with van der Waals surface area (Å²) in [5, 5.41) is 22.9. The van der Waals surface area contributed by atoms with Crippen LogP contribution in [0.4, 0.5) is 8.78 Å². The number of alkyl halides is 2. The molecule has 0 amide bonds. The van der Waals surface area contributed by atoms with Gasteiger partial charge in [-0.1, -0.05) is 6.07 Å². The van der Waals surface area contributed by atoms with Crippen LogP contribution in [0.15, 0.2) is 12.1 Å². The molecule has 0 spiro atoms. The van der Waals surface area contributed by atoms with Gasteiger partial charge in [0.05, 0.1) is 18.3 Å². The van der Waals surface area contributed by atoms with Gasteiger partial charge in [-0.3, -0.25) is 4.98 Å². The Bertz CT molecular complexity index is 701. The maximum Gasteiger partial charge on any atom is 0.260 e. The molecular weight excluding hydrogens is 304 g/mol. The number of hydrogen-bond acceptors (Lipinski definition) is 5. The minimum atomic E-state index is -2.69. The first kappa shape index (κ1) is 15.9. The van der Waals surface area contributed by atoms with Crippen molar-refractivity contribution in [3.8, 4) is 11.4 Å². The second-order valence-corrected chi connectivity index (χ2v) is 5.99. The second kappa shape index (κ2) is 5.93. The molecule has 1 aliphatic rings. The molecule has 8 heteroatoms. The molecule has 0 saturated carbocycles. The van der Waals surface area contributed by atoms with Crippen LogP contribution in [0.3, 0.4) is 0 Å². The van der Waals surface area contributed by atoms with E-state index in [2.05, 4.69) is 25.7 Å². The molecule has 2 atom stereocenters. The molecule has 1 saturated heterocycles. The van der Waals surface area contributed by atoms with Crippen LogP contribution in [0.1, 0.15) is 42.3 Å². The molecule has 2 aromatic heterocycles. The number of aliphatic hydroxyl groups excluding tert-OH is 1. The molecule has 0 aliphatic carbocycles. The minimum Gasteiger partial charge on any atom is -0.387 e. The minimum absolute atomic E-state index is 0.176. The Hall–Kier alpha value is -1.93. The van der Waals surface area contributed by atoms with Gasteiger partial charge in [0.1, 0.15) is 11.4 Å². The molecule has 6 nitrogen and oxygen atoms in total. The number of nitrogens with zero attached hydrogens (tertiary/aromatic N) is 3. The topological polar surface area (TPSA) is 86.7 Å². The number of halogens is 2. The summed E-state index contributed by atoms with van der Waals surface area (Å²) in [6, 6.07) is 3.55. The van der Waals surface area contributed by atoms with E-state index in [9.17, 15) is 13.9 Å². The van der Waals surface area contributed by atoms with Crippen molar-refractivity contribution < 1.29 is 13.9 Å². The number of aromatic nitrogens is 4. The fourth-order valence-electron chi connectivity index (χ4n) is 3.01. The number of rotatable bonds is 3. The maximum atomic E-state index is 13.6. The van der Waals surface area contributed by atoms with Crippen molar-refractivity contribution in [2.45, 2.75) is 38.2 Å². The van der Waals surface area contributed by atoms with Gasteiger partial charge < -0.3 is 10.4 Å². The fourth-order valence-corrected chi connectivity index (χ4v) is 3.01. The predicted molar refractivity (Wildman–Crippen MR) is 80.2 cm³/mol. The monoisotopic (exact) mass is 323 g/mol. The average molecular weight is 323 g/mol. The summed E-state index contributed by atoms with van der Waals surface area (Å²) in [6.07, 6.45) is -0.947. The van der Waals surface area contributed by atoms with E-state index in [-0.39, 0.29) is 18.9 Å². The number of aromatic amines is 1. The third kappa shape index (κ3) is 3.23. The molecule has 0 bridgehead atoms. The predicted octanol–water partition coefficient (Wildman–Crippen LogP) is 1.94. The summed E-state index contributed by atoms with van der Waals surface area (Å²) in [6.45, 7) is 3.64. The van der Waals surface area contributed by atoms with Gasteiger partial charge in [-0.25, -0.2) is 8.78 Å². The van der Waals surface area contributed by atoms with Crippen LogP contribution < -0.4 is 5.32 Å². The van der Waals surface area contributed by atoms with Crippen LogP contribution >= 0.6 is 0 Å². The maximum absolute atomic E-state index is 13.6. The number of nitrogens with one attached hydrogen (secondary N) is 2. The largest absolute Gasteiger partial charge is 0.387 e. The van der Waals surface area contributed by atoms with E-state index in [4.69, 9.17) is 0 Å². The van der Waals surface area contributed by atoms with Gasteiger partial charge in [-0.15, -0.1) is 0 Å². The Morgan fingerprint density at radius 2 is 2.13 bits per heavy atom. The van der Waals surface area contributed by atoms with Crippen LogP contribution in [0.2, 0.25) is 0 Å². The number of H-pyrrole nitrogens is 1. The van der Waals surface area contributed by atoms with Crippen molar-refractivity contribution in [2.75, 3.05) is 13.1 Å². The number of aryl methyl sites for hydroxylation is 1. The molecule has 3 heterocycles. The Balaban J connectivity index is 1.91. The lowest BCUT2D eigenvalue weighted by molar-refractivity contribution is -0.0278. The molecule has 1 aliphatic heterocycles. The van der Waals surface area contributed by atoms with E-state index in [1.807, 2.05) is 6.07 Å². The molecule has 2 aromatic rings. The fraction of sp³-hybridized carbons (Fsp3) is 0.533. The van der Waals surface area contributed by atoms with Crippen molar-refractivity contribution in [3.05, 3.63) is 29.1 Å². The highest BCUT2D eigenvalue weighted by Crippen LogP contribution is 2.34. The molecule has 2 unspecified atom stereocenters. The Morgan fingerprint density at radius 1 is 1.35 bits per heavy atom. The molecule has 3 N–H and O–H groups in total. The summed E-state index contributed by atoms with van der Waals surface area (Å²) >= 11 is 0. The SMILES string of the molecule is Cc1nc(-c2n[nH]nc2C(C)O)ccc1C1CNCC(F)(F)C1. The second-order valence-electron chi connectivity index (χ2n) is 5.99. The molecule has 124 valence electrons. The third-order valence-electron chi connectivity index (χ3n) is 4.10. The number of hydrogen-bond donors (Lipinski definition) is 3. The average Bonchev–Trinajstić information content (AvgIpc) is 2.95. The quantitative estimate of drug-likeness (QED) is 0.803. The summed E-state index contributed by atoms with van der Waals surface area (Å²) in [4.78, 5) is 4.48.